The van der Waals surface area contributed by atoms with Crippen LogP contribution in [0.5, 0.6) is 0 Å². The Balaban J connectivity index is 2.51. The Hall–Kier alpha value is -0.870. The van der Waals surface area contributed by atoms with Gasteiger partial charge in [-0.3, -0.25) is 10.2 Å². The van der Waals surface area contributed by atoms with Gasteiger partial charge in [-0.05, 0) is 43.0 Å². The van der Waals surface area contributed by atoms with E-state index in [0.717, 1.165) is 41.3 Å². The van der Waals surface area contributed by atoms with E-state index >= 15 is 0 Å². The summed E-state index contributed by atoms with van der Waals surface area (Å²) < 4.78 is 1.01. The summed E-state index contributed by atoms with van der Waals surface area (Å²) in [4.78, 5) is 12.3. The third-order valence-electron chi connectivity index (χ3n) is 3.99. The molecule has 1 aliphatic carbocycles. The number of nitrogens with one attached hydrogen (secondary N) is 1. The van der Waals surface area contributed by atoms with Crippen LogP contribution in [-0.2, 0) is 10.2 Å². The average Bonchev–Trinajstić information content (AvgIpc) is 2.41. The number of halogens is 1. The molecule has 0 bridgehead atoms. The fraction of sp³-hybridized carbons (Fsp3) is 0.500. The van der Waals surface area contributed by atoms with E-state index < -0.39 is 5.41 Å². The zero-order valence-electron chi connectivity index (χ0n) is 10.6. The van der Waals surface area contributed by atoms with Gasteiger partial charge in [-0.2, -0.15) is 0 Å². The quantitative estimate of drug-likeness (QED) is 0.501. The molecular weight excluding hydrogens is 292 g/mol. The lowest BCUT2D eigenvalue weighted by Gasteiger charge is -2.37. The van der Waals surface area contributed by atoms with Crippen LogP contribution >= 0.6 is 15.9 Å². The van der Waals surface area contributed by atoms with Crippen molar-refractivity contribution in [2.45, 2.75) is 44.4 Å². The summed E-state index contributed by atoms with van der Waals surface area (Å²) in [5, 5.41) is 0. The maximum absolute atomic E-state index is 12.3. The SMILES string of the molecule is Cc1ccc(Br)cc1C1(C(=O)NN)CCCCC1. The normalized spacial score (nSPS) is 18.4. The molecule has 0 atom stereocenters. The highest BCUT2D eigenvalue weighted by Gasteiger charge is 2.41. The summed E-state index contributed by atoms with van der Waals surface area (Å²) >= 11 is 3.50. The molecule has 0 unspecified atom stereocenters. The molecule has 0 aromatic heterocycles. The number of rotatable bonds is 2. The van der Waals surface area contributed by atoms with Gasteiger partial charge in [-0.25, -0.2) is 5.84 Å². The molecule has 2 rings (SSSR count). The van der Waals surface area contributed by atoms with Crippen LogP contribution in [0.25, 0.3) is 0 Å². The molecule has 0 spiro atoms. The topological polar surface area (TPSA) is 55.1 Å². The van der Waals surface area contributed by atoms with Crippen LogP contribution in [0, 0.1) is 6.92 Å². The standard InChI is InChI=1S/C14H19BrN2O/c1-10-5-6-11(15)9-12(10)14(13(18)17-16)7-3-2-4-8-14/h5-6,9H,2-4,7-8,16H2,1H3,(H,17,18). The fourth-order valence-corrected chi connectivity index (χ4v) is 3.38. The Bertz CT molecular complexity index is 453. The Morgan fingerprint density at radius 2 is 2.00 bits per heavy atom. The summed E-state index contributed by atoms with van der Waals surface area (Å²) in [6, 6.07) is 6.13. The van der Waals surface area contributed by atoms with E-state index in [1.54, 1.807) is 0 Å². The van der Waals surface area contributed by atoms with Crippen molar-refractivity contribution in [2.24, 2.45) is 5.84 Å². The van der Waals surface area contributed by atoms with Gasteiger partial charge in [0.25, 0.3) is 0 Å². The molecule has 1 saturated carbocycles. The van der Waals surface area contributed by atoms with Crippen LogP contribution in [0.1, 0.15) is 43.2 Å². The lowest BCUT2D eigenvalue weighted by molar-refractivity contribution is -0.128. The van der Waals surface area contributed by atoms with Crippen LogP contribution in [0.4, 0.5) is 0 Å². The van der Waals surface area contributed by atoms with Crippen molar-refractivity contribution in [1.29, 1.82) is 0 Å². The summed E-state index contributed by atoms with van der Waals surface area (Å²) in [5.74, 6) is 5.35. The largest absolute Gasteiger partial charge is 0.293 e. The van der Waals surface area contributed by atoms with E-state index in [1.807, 2.05) is 6.07 Å². The van der Waals surface area contributed by atoms with Crippen molar-refractivity contribution in [2.75, 3.05) is 0 Å². The molecule has 0 aliphatic heterocycles. The van der Waals surface area contributed by atoms with Gasteiger partial charge in [0.15, 0.2) is 0 Å². The average molecular weight is 311 g/mol. The molecule has 1 aliphatic rings. The Labute approximate surface area is 116 Å². The van der Waals surface area contributed by atoms with Gasteiger partial charge in [0.05, 0.1) is 5.41 Å². The van der Waals surface area contributed by atoms with Crippen molar-refractivity contribution in [3.63, 3.8) is 0 Å². The van der Waals surface area contributed by atoms with Crippen molar-refractivity contribution < 1.29 is 4.79 Å². The molecule has 1 aromatic rings. The third-order valence-corrected chi connectivity index (χ3v) is 4.48. The Morgan fingerprint density at radius 1 is 1.33 bits per heavy atom. The highest BCUT2D eigenvalue weighted by Crippen LogP contribution is 2.41. The molecule has 1 amide bonds. The van der Waals surface area contributed by atoms with E-state index in [2.05, 4.69) is 40.4 Å². The second-order valence-corrected chi connectivity index (χ2v) is 5.99. The number of hydrazine groups is 1. The van der Waals surface area contributed by atoms with Gasteiger partial charge in [0, 0.05) is 4.47 Å². The van der Waals surface area contributed by atoms with Gasteiger partial charge in [-0.15, -0.1) is 0 Å². The van der Waals surface area contributed by atoms with Crippen molar-refractivity contribution >= 4 is 21.8 Å². The summed E-state index contributed by atoms with van der Waals surface area (Å²) in [6.45, 7) is 2.06. The predicted octanol–water partition coefficient (Wildman–Crippen LogP) is 2.95. The number of carbonyl (C=O) groups is 1. The number of benzene rings is 1. The monoisotopic (exact) mass is 310 g/mol. The van der Waals surface area contributed by atoms with E-state index in [0.29, 0.717) is 0 Å². The molecule has 98 valence electrons. The minimum atomic E-state index is -0.444. The molecule has 1 aromatic carbocycles. The summed E-state index contributed by atoms with van der Waals surface area (Å²) in [6.07, 6.45) is 5.13. The van der Waals surface area contributed by atoms with Gasteiger partial charge in [-0.1, -0.05) is 41.3 Å². The van der Waals surface area contributed by atoms with Crippen LogP contribution < -0.4 is 11.3 Å². The Kier molecular flexibility index (Phi) is 4.07. The molecule has 0 radical (unpaired) electrons. The second-order valence-electron chi connectivity index (χ2n) is 5.08. The van der Waals surface area contributed by atoms with Gasteiger partial charge < -0.3 is 0 Å². The minimum Gasteiger partial charge on any atom is -0.293 e. The van der Waals surface area contributed by atoms with E-state index in [4.69, 9.17) is 5.84 Å². The molecular formula is C14H19BrN2O. The molecule has 18 heavy (non-hydrogen) atoms. The highest BCUT2D eigenvalue weighted by molar-refractivity contribution is 9.10. The van der Waals surface area contributed by atoms with E-state index in [-0.39, 0.29) is 5.91 Å². The molecule has 0 heterocycles. The number of nitrogens with two attached hydrogens (primary N) is 1. The first kappa shape index (κ1) is 13.6. The van der Waals surface area contributed by atoms with E-state index in [1.165, 1.54) is 6.42 Å². The molecule has 4 heteroatoms. The lowest BCUT2D eigenvalue weighted by atomic mass is 9.67. The minimum absolute atomic E-state index is 0.0524. The van der Waals surface area contributed by atoms with Crippen LogP contribution in [0.15, 0.2) is 22.7 Å². The first-order valence-corrected chi connectivity index (χ1v) is 7.17. The zero-order chi connectivity index (χ0) is 13.2. The maximum atomic E-state index is 12.3. The van der Waals surface area contributed by atoms with Gasteiger partial charge in [0.2, 0.25) is 5.91 Å². The van der Waals surface area contributed by atoms with Crippen molar-refractivity contribution in [1.82, 2.24) is 5.43 Å². The predicted molar refractivity (Wildman–Crippen MR) is 76.0 cm³/mol. The number of amides is 1. The van der Waals surface area contributed by atoms with Crippen LogP contribution in [0.2, 0.25) is 0 Å². The summed E-state index contributed by atoms with van der Waals surface area (Å²) in [5.41, 5.74) is 4.19. The Morgan fingerprint density at radius 3 is 2.61 bits per heavy atom. The van der Waals surface area contributed by atoms with Crippen LogP contribution in [-0.4, -0.2) is 5.91 Å². The molecule has 3 N–H and O–H groups in total. The van der Waals surface area contributed by atoms with Crippen molar-refractivity contribution in [3.05, 3.63) is 33.8 Å². The molecule has 1 fully saturated rings. The second kappa shape index (κ2) is 5.41. The smallest absolute Gasteiger partial charge is 0.244 e. The first-order chi connectivity index (χ1) is 8.60. The molecule has 3 nitrogen and oxygen atoms in total. The van der Waals surface area contributed by atoms with Gasteiger partial charge in [0.1, 0.15) is 0 Å². The number of hydrogen-bond donors (Lipinski definition) is 2. The zero-order valence-corrected chi connectivity index (χ0v) is 12.2. The maximum Gasteiger partial charge on any atom is 0.244 e. The highest BCUT2D eigenvalue weighted by atomic mass is 79.9. The summed E-state index contributed by atoms with van der Waals surface area (Å²) in [7, 11) is 0. The first-order valence-electron chi connectivity index (χ1n) is 6.38. The lowest BCUT2D eigenvalue weighted by Crippen LogP contribution is -2.48. The van der Waals surface area contributed by atoms with Crippen molar-refractivity contribution in [3.8, 4) is 0 Å². The number of hydrogen-bond acceptors (Lipinski definition) is 2. The fourth-order valence-electron chi connectivity index (χ4n) is 3.02. The van der Waals surface area contributed by atoms with Gasteiger partial charge >= 0.3 is 0 Å². The van der Waals surface area contributed by atoms with E-state index in [9.17, 15) is 4.79 Å². The van der Waals surface area contributed by atoms with Crippen LogP contribution in [0.3, 0.4) is 0 Å². The third kappa shape index (κ3) is 2.31. The number of aryl methyl sites for hydroxylation is 1. The number of carbonyl (C=O) groups excluding carboxylic acids is 1. The molecule has 0 saturated heterocycles.